The lowest BCUT2D eigenvalue weighted by Crippen LogP contribution is -2.12. The molecule has 0 radical (unpaired) electrons. The minimum absolute atomic E-state index is 0.00828. The van der Waals surface area contributed by atoms with Crippen LogP contribution in [0.2, 0.25) is 0 Å². The molecule has 68 valence electrons. The molecule has 0 saturated heterocycles. The highest BCUT2D eigenvalue weighted by Crippen LogP contribution is 2.04. The van der Waals surface area contributed by atoms with E-state index < -0.39 is 0 Å². The Kier molecular flexibility index (Phi) is 2.64. The third kappa shape index (κ3) is 2.05. The Bertz CT molecular complexity index is 341. The van der Waals surface area contributed by atoms with Gasteiger partial charge < -0.3 is 10.9 Å². The number of rotatable bonds is 2. The molecule has 13 heavy (non-hydrogen) atoms. The van der Waals surface area contributed by atoms with Crippen molar-refractivity contribution in [2.75, 3.05) is 0 Å². The van der Waals surface area contributed by atoms with Crippen LogP contribution < -0.4 is 5.73 Å². The monoisotopic (exact) mass is 178 g/mol. The van der Waals surface area contributed by atoms with Gasteiger partial charge in [0.05, 0.1) is 0 Å². The number of nitrogens with two attached hydrogens (primary N) is 1. The van der Waals surface area contributed by atoms with Gasteiger partial charge in [-0.1, -0.05) is 29.4 Å². The summed E-state index contributed by atoms with van der Waals surface area (Å²) in [7, 11) is 0. The van der Waals surface area contributed by atoms with Crippen molar-refractivity contribution < 1.29 is 10.0 Å². The summed E-state index contributed by atoms with van der Waals surface area (Å²) in [6, 6.07) is 6.53. The van der Waals surface area contributed by atoms with Crippen molar-refractivity contribution in [2.45, 2.75) is 6.92 Å². The van der Waals surface area contributed by atoms with Gasteiger partial charge in [0, 0.05) is 11.1 Å². The first-order valence-corrected chi connectivity index (χ1v) is 3.74. The van der Waals surface area contributed by atoms with Crippen LogP contribution in [0.1, 0.15) is 22.8 Å². The van der Waals surface area contributed by atoms with Crippen LogP contribution in [0.3, 0.4) is 0 Å². The summed E-state index contributed by atoms with van der Waals surface area (Å²) in [6.45, 7) is 1.48. The number of oxime groups is 1. The number of amidine groups is 1. The molecule has 0 aliphatic heterocycles. The Morgan fingerprint density at radius 1 is 1.31 bits per heavy atom. The number of carbonyl (C=O) groups excluding carboxylic acids is 1. The molecule has 0 saturated carbocycles. The van der Waals surface area contributed by atoms with E-state index in [1.807, 2.05) is 0 Å². The van der Waals surface area contributed by atoms with Crippen LogP contribution in [-0.2, 0) is 0 Å². The topological polar surface area (TPSA) is 75.7 Å². The predicted octanol–water partition coefficient (Wildman–Crippen LogP) is 0.984. The Labute approximate surface area is 75.7 Å². The van der Waals surface area contributed by atoms with E-state index >= 15 is 0 Å². The molecule has 0 bridgehead atoms. The van der Waals surface area contributed by atoms with Crippen LogP contribution in [-0.4, -0.2) is 16.8 Å². The van der Waals surface area contributed by atoms with Gasteiger partial charge in [0.25, 0.3) is 0 Å². The lowest BCUT2D eigenvalue weighted by atomic mass is 10.1. The molecule has 4 heteroatoms. The minimum Gasteiger partial charge on any atom is -0.409 e. The molecule has 1 aromatic carbocycles. The third-order valence-corrected chi connectivity index (χ3v) is 1.69. The maximum absolute atomic E-state index is 10.9. The van der Waals surface area contributed by atoms with Gasteiger partial charge in [-0.05, 0) is 6.92 Å². The van der Waals surface area contributed by atoms with Crippen molar-refractivity contribution in [3.8, 4) is 0 Å². The minimum atomic E-state index is -0.00828. The highest BCUT2D eigenvalue weighted by molar-refractivity contribution is 5.99. The Morgan fingerprint density at radius 2 is 1.77 bits per heavy atom. The molecule has 0 atom stereocenters. The molecular weight excluding hydrogens is 168 g/mol. The smallest absolute Gasteiger partial charge is 0.170 e. The molecule has 3 N–H and O–H groups in total. The van der Waals surface area contributed by atoms with Crippen LogP contribution in [0.15, 0.2) is 29.4 Å². The van der Waals surface area contributed by atoms with Crippen LogP contribution in [0.25, 0.3) is 0 Å². The Balaban J connectivity index is 3.00. The zero-order valence-electron chi connectivity index (χ0n) is 7.19. The number of hydrogen-bond donors (Lipinski definition) is 2. The van der Waals surface area contributed by atoms with Gasteiger partial charge in [0.1, 0.15) is 0 Å². The fraction of sp³-hybridized carbons (Fsp3) is 0.111. The molecule has 0 aliphatic carbocycles. The zero-order chi connectivity index (χ0) is 9.84. The summed E-state index contributed by atoms with van der Waals surface area (Å²) in [4.78, 5) is 10.9. The average Bonchev–Trinajstić information content (AvgIpc) is 2.17. The Morgan fingerprint density at radius 3 is 2.15 bits per heavy atom. The molecule has 0 unspecified atom stereocenters. The predicted molar refractivity (Wildman–Crippen MR) is 49.0 cm³/mol. The van der Waals surface area contributed by atoms with E-state index in [1.165, 1.54) is 6.92 Å². The van der Waals surface area contributed by atoms with Crippen molar-refractivity contribution in [1.82, 2.24) is 0 Å². The molecule has 0 heterocycles. The van der Waals surface area contributed by atoms with Gasteiger partial charge in [-0.25, -0.2) is 0 Å². The molecule has 0 aliphatic rings. The first-order valence-electron chi connectivity index (χ1n) is 3.74. The SMILES string of the molecule is CC(=O)c1ccc(/C(N)=N/O)cc1. The van der Waals surface area contributed by atoms with Gasteiger partial charge in [-0.3, -0.25) is 4.79 Å². The van der Waals surface area contributed by atoms with E-state index in [0.29, 0.717) is 11.1 Å². The van der Waals surface area contributed by atoms with Gasteiger partial charge in [-0.15, -0.1) is 0 Å². The second kappa shape index (κ2) is 3.71. The van der Waals surface area contributed by atoms with Gasteiger partial charge in [0.15, 0.2) is 11.6 Å². The number of Topliss-reactive ketones (excluding diaryl/α,β-unsaturated/α-hetero) is 1. The highest BCUT2D eigenvalue weighted by atomic mass is 16.4. The van der Waals surface area contributed by atoms with Crippen molar-refractivity contribution in [3.63, 3.8) is 0 Å². The maximum Gasteiger partial charge on any atom is 0.170 e. The summed E-state index contributed by atoms with van der Waals surface area (Å²) < 4.78 is 0. The summed E-state index contributed by atoms with van der Waals surface area (Å²) in [5.41, 5.74) is 6.53. The number of hydrogen-bond acceptors (Lipinski definition) is 3. The van der Waals surface area contributed by atoms with Crippen LogP contribution in [0.5, 0.6) is 0 Å². The fourth-order valence-electron chi connectivity index (χ4n) is 0.933. The van der Waals surface area contributed by atoms with Crippen molar-refractivity contribution in [2.24, 2.45) is 10.9 Å². The highest BCUT2D eigenvalue weighted by Gasteiger charge is 2.01. The Hall–Kier alpha value is -1.84. The molecule has 4 nitrogen and oxygen atoms in total. The molecule has 0 spiro atoms. The zero-order valence-corrected chi connectivity index (χ0v) is 7.19. The molecule has 1 aromatic rings. The normalized spacial score (nSPS) is 11.3. The van der Waals surface area contributed by atoms with E-state index in [-0.39, 0.29) is 11.6 Å². The maximum atomic E-state index is 10.9. The van der Waals surface area contributed by atoms with Gasteiger partial charge >= 0.3 is 0 Å². The quantitative estimate of drug-likeness (QED) is 0.233. The number of benzene rings is 1. The van der Waals surface area contributed by atoms with E-state index in [0.717, 1.165) is 0 Å². The molecule has 0 fully saturated rings. The third-order valence-electron chi connectivity index (χ3n) is 1.69. The largest absolute Gasteiger partial charge is 0.409 e. The number of carbonyl (C=O) groups is 1. The van der Waals surface area contributed by atoms with Gasteiger partial charge in [0.2, 0.25) is 0 Å². The molecule has 1 rings (SSSR count). The second-order valence-electron chi connectivity index (χ2n) is 2.62. The summed E-state index contributed by atoms with van der Waals surface area (Å²) in [6.07, 6.45) is 0. The average molecular weight is 178 g/mol. The first-order chi connectivity index (χ1) is 6.15. The van der Waals surface area contributed by atoms with Crippen molar-refractivity contribution in [3.05, 3.63) is 35.4 Å². The van der Waals surface area contributed by atoms with Gasteiger partial charge in [-0.2, -0.15) is 0 Å². The summed E-state index contributed by atoms with van der Waals surface area (Å²) >= 11 is 0. The molecule has 0 aromatic heterocycles. The van der Waals surface area contributed by atoms with Crippen LogP contribution in [0.4, 0.5) is 0 Å². The lowest BCUT2D eigenvalue weighted by molar-refractivity contribution is 0.101. The summed E-state index contributed by atoms with van der Waals surface area (Å²) in [5.74, 6) is 0.0289. The fourth-order valence-corrected chi connectivity index (χ4v) is 0.933. The van der Waals surface area contributed by atoms with Crippen LogP contribution >= 0.6 is 0 Å². The summed E-state index contributed by atoms with van der Waals surface area (Å²) in [5, 5.41) is 11.2. The van der Waals surface area contributed by atoms with Crippen molar-refractivity contribution >= 4 is 11.6 Å². The number of nitrogens with zero attached hydrogens (tertiary/aromatic N) is 1. The van der Waals surface area contributed by atoms with Crippen LogP contribution in [0, 0.1) is 0 Å². The molecular formula is C9H10N2O2. The van der Waals surface area contributed by atoms with E-state index in [9.17, 15) is 4.79 Å². The van der Waals surface area contributed by atoms with E-state index in [4.69, 9.17) is 10.9 Å². The van der Waals surface area contributed by atoms with Crippen molar-refractivity contribution in [1.29, 1.82) is 0 Å². The standard InChI is InChI=1S/C9H10N2O2/c1-6(12)7-2-4-8(5-3-7)9(10)11-13/h2-5,13H,1H3,(H2,10,11). The molecule has 0 amide bonds. The second-order valence-corrected chi connectivity index (χ2v) is 2.62. The lowest BCUT2D eigenvalue weighted by Gasteiger charge is -1.99. The first kappa shape index (κ1) is 9.25. The van der Waals surface area contributed by atoms with E-state index in [2.05, 4.69) is 5.16 Å². The number of ketones is 1. The van der Waals surface area contributed by atoms with E-state index in [1.54, 1.807) is 24.3 Å².